The molecular weight excluding hydrogens is 222 g/mol. The van der Waals surface area contributed by atoms with Crippen molar-refractivity contribution in [3.63, 3.8) is 0 Å². The molecule has 0 saturated carbocycles. The standard InChI is InChI=1S/C15H23N3/c1-3-4-11-18(12-10-15(2,17)13-16)14-8-6-5-7-9-14/h5-9H,3-4,10-12,17H2,1-2H3. The zero-order valence-corrected chi connectivity index (χ0v) is 11.4. The van der Waals surface area contributed by atoms with Gasteiger partial charge < -0.3 is 10.6 Å². The summed E-state index contributed by atoms with van der Waals surface area (Å²) in [5.74, 6) is 0. The maximum absolute atomic E-state index is 8.96. The zero-order valence-electron chi connectivity index (χ0n) is 11.4. The van der Waals surface area contributed by atoms with Crippen LogP contribution in [-0.4, -0.2) is 18.6 Å². The first kappa shape index (κ1) is 14.5. The minimum atomic E-state index is -0.737. The van der Waals surface area contributed by atoms with Crippen LogP contribution in [0.3, 0.4) is 0 Å². The lowest BCUT2D eigenvalue weighted by Crippen LogP contribution is -2.39. The molecule has 1 unspecified atom stereocenters. The van der Waals surface area contributed by atoms with Gasteiger partial charge in [0.25, 0.3) is 0 Å². The summed E-state index contributed by atoms with van der Waals surface area (Å²) in [7, 11) is 0. The fourth-order valence-corrected chi connectivity index (χ4v) is 1.78. The van der Waals surface area contributed by atoms with Crippen LogP contribution in [-0.2, 0) is 0 Å². The van der Waals surface area contributed by atoms with Crippen LogP contribution < -0.4 is 10.6 Å². The molecule has 1 aromatic rings. The van der Waals surface area contributed by atoms with Crippen molar-refractivity contribution in [3.05, 3.63) is 30.3 Å². The molecule has 0 heterocycles. The summed E-state index contributed by atoms with van der Waals surface area (Å²) in [6.07, 6.45) is 3.01. The first-order valence-corrected chi connectivity index (χ1v) is 6.59. The minimum absolute atomic E-state index is 0.683. The molecule has 0 aliphatic carbocycles. The molecule has 1 atom stereocenters. The van der Waals surface area contributed by atoms with Gasteiger partial charge in [0, 0.05) is 18.8 Å². The van der Waals surface area contributed by atoms with E-state index in [0.29, 0.717) is 6.42 Å². The summed E-state index contributed by atoms with van der Waals surface area (Å²) in [4.78, 5) is 2.31. The van der Waals surface area contributed by atoms with E-state index in [0.717, 1.165) is 19.5 Å². The number of rotatable bonds is 7. The van der Waals surface area contributed by atoms with Crippen LogP contribution in [0.2, 0.25) is 0 Å². The summed E-state index contributed by atoms with van der Waals surface area (Å²) >= 11 is 0. The third-order valence-corrected chi connectivity index (χ3v) is 3.06. The van der Waals surface area contributed by atoms with E-state index in [2.05, 4.69) is 30.0 Å². The molecule has 1 aromatic carbocycles. The number of anilines is 1. The maximum atomic E-state index is 8.96. The molecule has 98 valence electrons. The highest BCUT2D eigenvalue weighted by Gasteiger charge is 2.18. The average Bonchev–Trinajstić information content (AvgIpc) is 2.40. The van der Waals surface area contributed by atoms with Gasteiger partial charge in [0.15, 0.2) is 0 Å². The molecule has 0 aromatic heterocycles. The Morgan fingerprint density at radius 3 is 2.50 bits per heavy atom. The summed E-state index contributed by atoms with van der Waals surface area (Å²) in [5, 5.41) is 8.96. The van der Waals surface area contributed by atoms with Crippen LogP contribution in [0.15, 0.2) is 30.3 Å². The number of nitrogens with zero attached hydrogens (tertiary/aromatic N) is 2. The molecule has 0 saturated heterocycles. The first-order valence-electron chi connectivity index (χ1n) is 6.59. The Morgan fingerprint density at radius 1 is 1.28 bits per heavy atom. The topological polar surface area (TPSA) is 53.0 Å². The Labute approximate surface area is 110 Å². The van der Waals surface area contributed by atoms with Crippen LogP contribution in [0.25, 0.3) is 0 Å². The van der Waals surface area contributed by atoms with E-state index in [1.807, 2.05) is 18.2 Å². The van der Waals surface area contributed by atoms with Crippen molar-refractivity contribution in [2.45, 2.75) is 38.6 Å². The van der Waals surface area contributed by atoms with Crippen molar-refractivity contribution in [3.8, 4) is 6.07 Å². The predicted octanol–water partition coefficient (Wildman–Crippen LogP) is 2.92. The summed E-state index contributed by atoms with van der Waals surface area (Å²) in [6, 6.07) is 12.5. The van der Waals surface area contributed by atoms with Gasteiger partial charge in [0.1, 0.15) is 5.54 Å². The molecular formula is C15H23N3. The van der Waals surface area contributed by atoms with Crippen LogP contribution in [0.4, 0.5) is 5.69 Å². The number of benzene rings is 1. The van der Waals surface area contributed by atoms with Crippen LogP contribution in [0.5, 0.6) is 0 Å². The van der Waals surface area contributed by atoms with Crippen LogP contribution in [0, 0.1) is 11.3 Å². The molecule has 1 rings (SSSR count). The van der Waals surface area contributed by atoms with Gasteiger partial charge in [0.2, 0.25) is 0 Å². The van der Waals surface area contributed by atoms with Gasteiger partial charge in [0.05, 0.1) is 6.07 Å². The molecule has 0 bridgehead atoms. The fourth-order valence-electron chi connectivity index (χ4n) is 1.78. The molecule has 18 heavy (non-hydrogen) atoms. The highest BCUT2D eigenvalue weighted by molar-refractivity contribution is 5.45. The van der Waals surface area contributed by atoms with Gasteiger partial charge in [-0.2, -0.15) is 5.26 Å². The zero-order chi connectivity index (χ0) is 13.4. The molecule has 3 heteroatoms. The quantitative estimate of drug-likeness (QED) is 0.803. The number of para-hydroxylation sites is 1. The molecule has 0 amide bonds. The van der Waals surface area contributed by atoms with Crippen molar-refractivity contribution < 1.29 is 0 Å². The smallest absolute Gasteiger partial charge is 0.103 e. The highest BCUT2D eigenvalue weighted by atomic mass is 15.1. The van der Waals surface area contributed by atoms with E-state index in [4.69, 9.17) is 11.0 Å². The Hall–Kier alpha value is -1.53. The van der Waals surface area contributed by atoms with E-state index in [-0.39, 0.29) is 0 Å². The summed E-state index contributed by atoms with van der Waals surface area (Å²) in [5.41, 5.74) is 6.35. The third kappa shape index (κ3) is 4.77. The lowest BCUT2D eigenvalue weighted by Gasteiger charge is -2.27. The van der Waals surface area contributed by atoms with Crippen molar-refractivity contribution in [1.29, 1.82) is 5.26 Å². The van der Waals surface area contributed by atoms with E-state index >= 15 is 0 Å². The van der Waals surface area contributed by atoms with Crippen LogP contribution >= 0.6 is 0 Å². The molecule has 0 aliphatic rings. The Morgan fingerprint density at radius 2 is 1.94 bits per heavy atom. The second-order valence-electron chi connectivity index (χ2n) is 4.96. The van der Waals surface area contributed by atoms with Gasteiger partial charge >= 0.3 is 0 Å². The van der Waals surface area contributed by atoms with Crippen molar-refractivity contribution in [2.24, 2.45) is 5.73 Å². The number of hydrogen-bond acceptors (Lipinski definition) is 3. The first-order chi connectivity index (χ1) is 8.59. The largest absolute Gasteiger partial charge is 0.371 e. The minimum Gasteiger partial charge on any atom is -0.371 e. The van der Waals surface area contributed by atoms with Gasteiger partial charge in [-0.15, -0.1) is 0 Å². The summed E-state index contributed by atoms with van der Waals surface area (Å²) < 4.78 is 0. The molecule has 2 N–H and O–H groups in total. The molecule has 0 spiro atoms. The SMILES string of the molecule is CCCCN(CCC(C)(N)C#N)c1ccccc1. The maximum Gasteiger partial charge on any atom is 0.103 e. The molecule has 0 aliphatic heterocycles. The monoisotopic (exact) mass is 245 g/mol. The van der Waals surface area contributed by atoms with Crippen molar-refractivity contribution >= 4 is 5.69 Å². The van der Waals surface area contributed by atoms with Crippen molar-refractivity contribution in [2.75, 3.05) is 18.0 Å². The Balaban J connectivity index is 2.65. The number of nitrogens with two attached hydrogens (primary N) is 1. The molecule has 0 radical (unpaired) electrons. The normalized spacial score (nSPS) is 13.7. The highest BCUT2D eigenvalue weighted by Crippen LogP contribution is 2.16. The van der Waals surface area contributed by atoms with Crippen LogP contribution in [0.1, 0.15) is 33.1 Å². The second kappa shape index (κ2) is 7.03. The van der Waals surface area contributed by atoms with E-state index in [1.165, 1.54) is 12.1 Å². The lowest BCUT2D eigenvalue weighted by atomic mass is 10.0. The Bertz CT molecular complexity index is 378. The van der Waals surface area contributed by atoms with E-state index < -0.39 is 5.54 Å². The number of nitriles is 1. The Kier molecular flexibility index (Phi) is 5.67. The second-order valence-corrected chi connectivity index (χ2v) is 4.96. The number of unbranched alkanes of at least 4 members (excludes halogenated alkanes) is 1. The average molecular weight is 245 g/mol. The fraction of sp³-hybridized carbons (Fsp3) is 0.533. The van der Waals surface area contributed by atoms with Crippen molar-refractivity contribution in [1.82, 2.24) is 0 Å². The van der Waals surface area contributed by atoms with E-state index in [9.17, 15) is 0 Å². The number of hydrogen-bond donors (Lipinski definition) is 1. The van der Waals surface area contributed by atoms with Gasteiger partial charge in [-0.3, -0.25) is 0 Å². The van der Waals surface area contributed by atoms with Gasteiger partial charge in [-0.05, 0) is 31.9 Å². The molecule has 0 fully saturated rings. The predicted molar refractivity (Wildman–Crippen MR) is 76.4 cm³/mol. The summed E-state index contributed by atoms with van der Waals surface area (Å²) in [6.45, 7) is 5.81. The van der Waals surface area contributed by atoms with Gasteiger partial charge in [-0.25, -0.2) is 0 Å². The molecule has 3 nitrogen and oxygen atoms in total. The third-order valence-electron chi connectivity index (χ3n) is 3.06. The van der Waals surface area contributed by atoms with E-state index in [1.54, 1.807) is 6.92 Å². The van der Waals surface area contributed by atoms with Gasteiger partial charge in [-0.1, -0.05) is 31.5 Å². The lowest BCUT2D eigenvalue weighted by molar-refractivity contribution is 0.534.